The lowest BCUT2D eigenvalue weighted by atomic mass is 10.1. The predicted molar refractivity (Wildman–Crippen MR) is 102 cm³/mol. The summed E-state index contributed by atoms with van der Waals surface area (Å²) in [5.41, 5.74) is 2.86. The lowest BCUT2D eigenvalue weighted by Crippen LogP contribution is -2.20. The Hall–Kier alpha value is -3.08. The number of fused-ring (bicyclic) bond motifs is 1. The number of para-hydroxylation sites is 1. The van der Waals surface area contributed by atoms with E-state index in [0.29, 0.717) is 11.3 Å². The van der Waals surface area contributed by atoms with Crippen LogP contribution in [0.4, 0.5) is 5.69 Å². The zero-order valence-corrected chi connectivity index (χ0v) is 14.9. The van der Waals surface area contributed by atoms with Crippen LogP contribution in [0.1, 0.15) is 25.0 Å². The van der Waals surface area contributed by atoms with Gasteiger partial charge in [-0.25, -0.2) is 4.79 Å². The first kappa shape index (κ1) is 17.7. The van der Waals surface area contributed by atoms with Crippen LogP contribution >= 0.6 is 0 Å². The lowest BCUT2D eigenvalue weighted by molar-refractivity contribution is -0.118. The van der Waals surface area contributed by atoms with Gasteiger partial charge >= 0.3 is 5.63 Å². The van der Waals surface area contributed by atoms with Crippen LogP contribution in [0.5, 0.6) is 5.75 Å². The molecule has 3 aromatic rings. The Balaban J connectivity index is 1.71. The molecule has 0 bridgehead atoms. The summed E-state index contributed by atoms with van der Waals surface area (Å²) in [6, 6.07) is 14.4. The Morgan fingerprint density at radius 2 is 1.81 bits per heavy atom. The van der Waals surface area contributed by atoms with Gasteiger partial charge < -0.3 is 14.5 Å². The average molecular weight is 351 g/mol. The van der Waals surface area contributed by atoms with Crippen molar-refractivity contribution in [3.8, 4) is 5.75 Å². The Bertz CT molecular complexity index is 991. The molecule has 0 radical (unpaired) electrons. The van der Waals surface area contributed by atoms with Crippen LogP contribution in [0.3, 0.4) is 0 Å². The molecule has 0 atom stereocenters. The van der Waals surface area contributed by atoms with Gasteiger partial charge in [-0.1, -0.05) is 32.0 Å². The second-order valence-corrected chi connectivity index (χ2v) is 5.95. The van der Waals surface area contributed by atoms with E-state index in [1.54, 1.807) is 12.1 Å². The summed E-state index contributed by atoms with van der Waals surface area (Å²) in [5.74, 6) is 0.239. The van der Waals surface area contributed by atoms with Gasteiger partial charge in [0.15, 0.2) is 6.61 Å². The van der Waals surface area contributed by atoms with Crippen molar-refractivity contribution in [3.63, 3.8) is 0 Å². The zero-order chi connectivity index (χ0) is 18.5. The third-order valence-electron chi connectivity index (χ3n) is 4.22. The Labute approximate surface area is 151 Å². The second kappa shape index (κ2) is 7.87. The molecule has 1 amide bonds. The number of hydrogen-bond acceptors (Lipinski definition) is 4. The molecule has 0 aliphatic heterocycles. The Morgan fingerprint density at radius 3 is 2.58 bits per heavy atom. The van der Waals surface area contributed by atoms with Gasteiger partial charge in [0.2, 0.25) is 0 Å². The van der Waals surface area contributed by atoms with Crippen molar-refractivity contribution < 1.29 is 13.9 Å². The molecule has 0 fully saturated rings. The van der Waals surface area contributed by atoms with Crippen LogP contribution in [0.15, 0.2) is 57.7 Å². The third kappa shape index (κ3) is 3.94. The summed E-state index contributed by atoms with van der Waals surface area (Å²) < 4.78 is 10.8. The molecule has 5 nitrogen and oxygen atoms in total. The van der Waals surface area contributed by atoms with Gasteiger partial charge in [0.25, 0.3) is 5.91 Å². The number of nitrogens with one attached hydrogen (secondary N) is 1. The minimum absolute atomic E-state index is 0.124. The molecule has 134 valence electrons. The highest BCUT2D eigenvalue weighted by Gasteiger charge is 2.09. The molecule has 1 N–H and O–H groups in total. The van der Waals surface area contributed by atoms with Gasteiger partial charge in [-0.2, -0.15) is 0 Å². The fraction of sp³-hybridized carbons (Fsp3) is 0.238. The smallest absolute Gasteiger partial charge is 0.336 e. The van der Waals surface area contributed by atoms with Crippen molar-refractivity contribution in [2.75, 3.05) is 11.9 Å². The number of carbonyl (C=O) groups excluding carboxylic acids is 1. The molecule has 3 rings (SSSR count). The van der Waals surface area contributed by atoms with E-state index in [1.165, 1.54) is 6.07 Å². The van der Waals surface area contributed by atoms with Crippen molar-refractivity contribution in [1.29, 1.82) is 0 Å². The van der Waals surface area contributed by atoms with Crippen molar-refractivity contribution >= 4 is 22.6 Å². The first-order valence-corrected chi connectivity index (χ1v) is 8.68. The van der Waals surface area contributed by atoms with Crippen LogP contribution < -0.4 is 15.7 Å². The number of benzene rings is 2. The van der Waals surface area contributed by atoms with Gasteiger partial charge in [0.1, 0.15) is 11.3 Å². The van der Waals surface area contributed by atoms with Gasteiger partial charge in [-0.3, -0.25) is 4.79 Å². The Kier molecular flexibility index (Phi) is 5.37. The third-order valence-corrected chi connectivity index (χ3v) is 4.22. The van der Waals surface area contributed by atoms with E-state index in [4.69, 9.17) is 9.15 Å². The molecule has 0 saturated carbocycles. The highest BCUT2D eigenvalue weighted by atomic mass is 16.5. The molecule has 0 aliphatic carbocycles. The summed E-state index contributed by atoms with van der Waals surface area (Å²) in [6.45, 7) is 3.90. The highest BCUT2D eigenvalue weighted by molar-refractivity contribution is 5.92. The number of anilines is 1. The van der Waals surface area contributed by atoms with Crippen molar-refractivity contribution in [1.82, 2.24) is 0 Å². The normalized spacial score (nSPS) is 10.7. The number of hydrogen-bond donors (Lipinski definition) is 1. The molecular weight excluding hydrogens is 330 g/mol. The fourth-order valence-corrected chi connectivity index (χ4v) is 2.88. The first-order chi connectivity index (χ1) is 12.6. The molecule has 1 aromatic heterocycles. The number of ether oxygens (including phenoxy) is 1. The van der Waals surface area contributed by atoms with E-state index in [9.17, 15) is 9.59 Å². The molecule has 0 saturated heterocycles. The molecule has 5 heteroatoms. The van der Waals surface area contributed by atoms with E-state index in [2.05, 4.69) is 5.32 Å². The molecule has 0 unspecified atom stereocenters. The molecular formula is C21H21NO4. The van der Waals surface area contributed by atoms with E-state index < -0.39 is 0 Å². The summed E-state index contributed by atoms with van der Waals surface area (Å²) in [6.07, 6.45) is 1.57. The Morgan fingerprint density at radius 1 is 1.04 bits per heavy atom. The van der Waals surface area contributed by atoms with Crippen molar-refractivity contribution in [2.45, 2.75) is 26.7 Å². The maximum absolute atomic E-state index is 12.2. The number of amides is 1. The van der Waals surface area contributed by atoms with E-state index in [0.717, 1.165) is 35.0 Å². The lowest BCUT2D eigenvalue weighted by Gasteiger charge is -2.11. The second-order valence-electron chi connectivity index (χ2n) is 5.95. The minimum atomic E-state index is -0.389. The minimum Gasteiger partial charge on any atom is -0.484 e. The van der Waals surface area contributed by atoms with Crippen molar-refractivity contribution in [2.24, 2.45) is 0 Å². The van der Waals surface area contributed by atoms with Crippen LogP contribution in [-0.4, -0.2) is 12.5 Å². The molecule has 0 spiro atoms. The van der Waals surface area contributed by atoms with Crippen LogP contribution in [-0.2, 0) is 17.6 Å². The first-order valence-electron chi connectivity index (χ1n) is 8.68. The quantitative estimate of drug-likeness (QED) is 0.683. The van der Waals surface area contributed by atoms with Gasteiger partial charge in [0, 0.05) is 23.2 Å². The van der Waals surface area contributed by atoms with Crippen LogP contribution in [0.25, 0.3) is 11.0 Å². The van der Waals surface area contributed by atoms with E-state index in [1.807, 2.05) is 44.2 Å². The maximum atomic E-state index is 12.2. The summed E-state index contributed by atoms with van der Waals surface area (Å²) in [7, 11) is 0. The standard InChI is InChI=1S/C21H21NO4/c1-3-14-7-5-6-8-18(14)22-20(23)13-25-16-9-10-17-15(4-2)11-21(24)26-19(17)12-16/h5-12H,3-4,13H2,1-2H3,(H,22,23). The van der Waals surface area contributed by atoms with E-state index >= 15 is 0 Å². The largest absolute Gasteiger partial charge is 0.484 e. The SMILES string of the molecule is CCc1ccccc1NC(=O)COc1ccc2c(CC)cc(=O)oc2c1. The molecule has 26 heavy (non-hydrogen) atoms. The maximum Gasteiger partial charge on any atom is 0.336 e. The summed E-state index contributed by atoms with van der Waals surface area (Å²) in [4.78, 5) is 23.8. The number of rotatable bonds is 6. The van der Waals surface area contributed by atoms with Crippen molar-refractivity contribution in [3.05, 3.63) is 70.1 Å². The van der Waals surface area contributed by atoms with Gasteiger partial charge in [0.05, 0.1) is 0 Å². The van der Waals surface area contributed by atoms with Gasteiger partial charge in [-0.05, 0) is 42.2 Å². The number of carbonyl (C=O) groups is 1. The predicted octanol–water partition coefficient (Wildman–Crippen LogP) is 3.94. The average Bonchev–Trinajstić information content (AvgIpc) is 2.65. The fourth-order valence-electron chi connectivity index (χ4n) is 2.88. The van der Waals surface area contributed by atoms with Gasteiger partial charge in [-0.15, -0.1) is 0 Å². The molecule has 1 heterocycles. The highest BCUT2D eigenvalue weighted by Crippen LogP contribution is 2.23. The summed E-state index contributed by atoms with van der Waals surface area (Å²) >= 11 is 0. The zero-order valence-electron chi connectivity index (χ0n) is 14.9. The van der Waals surface area contributed by atoms with Crippen LogP contribution in [0.2, 0.25) is 0 Å². The molecule has 0 aliphatic rings. The summed E-state index contributed by atoms with van der Waals surface area (Å²) in [5, 5.41) is 3.73. The topological polar surface area (TPSA) is 68.5 Å². The number of aryl methyl sites for hydroxylation is 2. The molecule has 2 aromatic carbocycles. The van der Waals surface area contributed by atoms with Crippen LogP contribution in [0, 0.1) is 0 Å². The monoisotopic (exact) mass is 351 g/mol. The van der Waals surface area contributed by atoms with E-state index in [-0.39, 0.29) is 18.1 Å².